The van der Waals surface area contributed by atoms with Crippen LogP contribution in [0.2, 0.25) is 0 Å². The Balaban J connectivity index is 1.98. The fraction of sp³-hybridized carbons (Fsp3) is 0.125. The lowest BCUT2D eigenvalue weighted by Gasteiger charge is -2.10. The van der Waals surface area contributed by atoms with Crippen LogP contribution in [0.5, 0.6) is 11.5 Å². The molecule has 0 radical (unpaired) electrons. The number of benzene rings is 2. The van der Waals surface area contributed by atoms with Gasteiger partial charge >= 0.3 is 0 Å². The molecule has 3 aromatic rings. The molecule has 0 bridgehead atoms. The second-order valence-corrected chi connectivity index (χ2v) is 5.55. The molecule has 1 N–H and O–H groups in total. The highest BCUT2D eigenvalue weighted by Gasteiger charge is 2.07. The van der Waals surface area contributed by atoms with Crippen molar-refractivity contribution in [3.05, 3.63) is 52.8 Å². The highest BCUT2D eigenvalue weighted by molar-refractivity contribution is 7.21. The molecule has 0 unspecified atom stereocenters. The van der Waals surface area contributed by atoms with Crippen molar-refractivity contribution < 1.29 is 9.47 Å². The highest BCUT2D eigenvalue weighted by atomic mass is 32.1. The molecule has 0 amide bonds. The number of anilines is 2. The molecule has 22 heavy (non-hydrogen) atoms. The normalized spacial score (nSPS) is 10.5. The van der Waals surface area contributed by atoms with Crippen molar-refractivity contribution in [1.29, 1.82) is 0 Å². The van der Waals surface area contributed by atoms with Crippen LogP contribution in [0.3, 0.4) is 0 Å². The number of hydrogen-bond donors (Lipinski definition) is 1. The van der Waals surface area contributed by atoms with Gasteiger partial charge in [0, 0.05) is 16.5 Å². The fourth-order valence-corrected chi connectivity index (χ4v) is 3.02. The third-order valence-corrected chi connectivity index (χ3v) is 4.12. The number of aromatic nitrogens is 1. The first kappa shape index (κ1) is 14.3. The lowest BCUT2D eigenvalue weighted by molar-refractivity contribution is 0.355. The standard InChI is InChI=1S/C16H14N2O3S/c1-20-12-8-7-10(9-13(12)21-2)17-16-18-15(19)11-5-3-4-6-14(11)22-16/h3-9H,1-2H3,(H,17,18,19). The molecule has 0 saturated carbocycles. The molecular weight excluding hydrogens is 300 g/mol. The Morgan fingerprint density at radius 3 is 2.59 bits per heavy atom. The van der Waals surface area contributed by atoms with Crippen LogP contribution in [0.4, 0.5) is 10.8 Å². The molecule has 2 aromatic carbocycles. The lowest BCUT2D eigenvalue weighted by atomic mass is 10.3. The molecule has 5 nitrogen and oxygen atoms in total. The Kier molecular flexibility index (Phi) is 3.93. The second-order valence-electron chi connectivity index (χ2n) is 4.52. The molecule has 0 fully saturated rings. The summed E-state index contributed by atoms with van der Waals surface area (Å²) in [5.41, 5.74) is 0.536. The number of rotatable bonds is 4. The maximum Gasteiger partial charge on any atom is 0.281 e. The SMILES string of the molecule is COc1ccc(Nc2nc(=O)c3ccccc3s2)cc1OC. The predicted octanol–water partition coefficient (Wildman–Crippen LogP) is 3.42. The highest BCUT2D eigenvalue weighted by Crippen LogP contribution is 2.31. The Labute approximate surface area is 131 Å². The van der Waals surface area contributed by atoms with Crippen molar-refractivity contribution in [3.8, 4) is 11.5 Å². The van der Waals surface area contributed by atoms with Crippen molar-refractivity contribution in [3.63, 3.8) is 0 Å². The van der Waals surface area contributed by atoms with E-state index < -0.39 is 0 Å². The number of fused-ring (bicyclic) bond motifs is 1. The Hall–Kier alpha value is -2.60. The molecule has 112 valence electrons. The minimum absolute atomic E-state index is 0.239. The molecule has 0 spiro atoms. The fourth-order valence-electron chi connectivity index (χ4n) is 2.10. The zero-order valence-electron chi connectivity index (χ0n) is 12.1. The summed E-state index contributed by atoms with van der Waals surface area (Å²) in [5, 5.41) is 4.30. The average Bonchev–Trinajstić information content (AvgIpc) is 2.55. The van der Waals surface area contributed by atoms with Gasteiger partial charge in [-0.2, -0.15) is 4.98 Å². The van der Waals surface area contributed by atoms with Gasteiger partial charge in [0.1, 0.15) is 0 Å². The third kappa shape index (κ3) is 2.73. The topological polar surface area (TPSA) is 60.5 Å². The van der Waals surface area contributed by atoms with Crippen molar-refractivity contribution in [1.82, 2.24) is 4.98 Å². The Bertz CT molecular complexity index is 877. The zero-order valence-corrected chi connectivity index (χ0v) is 12.9. The van der Waals surface area contributed by atoms with Gasteiger partial charge in [0.15, 0.2) is 16.6 Å². The van der Waals surface area contributed by atoms with E-state index in [0.717, 1.165) is 10.4 Å². The Morgan fingerprint density at radius 2 is 1.82 bits per heavy atom. The summed E-state index contributed by atoms with van der Waals surface area (Å²) in [5.74, 6) is 1.26. The largest absolute Gasteiger partial charge is 0.493 e. The first-order chi connectivity index (χ1) is 10.7. The third-order valence-electron chi connectivity index (χ3n) is 3.16. The summed E-state index contributed by atoms with van der Waals surface area (Å²) in [6, 6.07) is 12.9. The van der Waals surface area contributed by atoms with Crippen LogP contribution in [0, 0.1) is 0 Å². The van der Waals surface area contributed by atoms with E-state index in [1.165, 1.54) is 11.3 Å². The maximum atomic E-state index is 12.0. The summed E-state index contributed by atoms with van der Waals surface area (Å²) < 4.78 is 11.4. The summed E-state index contributed by atoms with van der Waals surface area (Å²) in [4.78, 5) is 16.1. The molecule has 0 atom stereocenters. The van der Waals surface area contributed by atoms with Gasteiger partial charge < -0.3 is 14.8 Å². The second kappa shape index (κ2) is 6.03. The van der Waals surface area contributed by atoms with E-state index in [1.807, 2.05) is 24.3 Å². The van der Waals surface area contributed by atoms with Gasteiger partial charge in [-0.1, -0.05) is 23.5 Å². The number of methoxy groups -OCH3 is 2. The van der Waals surface area contributed by atoms with Gasteiger partial charge in [-0.05, 0) is 24.3 Å². The van der Waals surface area contributed by atoms with Crippen molar-refractivity contribution >= 4 is 32.2 Å². The van der Waals surface area contributed by atoms with E-state index >= 15 is 0 Å². The average molecular weight is 314 g/mol. The Morgan fingerprint density at radius 1 is 1.05 bits per heavy atom. The van der Waals surface area contributed by atoms with Gasteiger partial charge in [0.05, 0.1) is 19.6 Å². The summed E-state index contributed by atoms with van der Waals surface area (Å²) >= 11 is 1.42. The van der Waals surface area contributed by atoms with Gasteiger partial charge in [-0.15, -0.1) is 0 Å². The molecule has 0 aliphatic carbocycles. The van der Waals surface area contributed by atoms with Crippen LogP contribution < -0.4 is 20.3 Å². The number of nitrogens with zero attached hydrogens (tertiary/aromatic N) is 1. The van der Waals surface area contributed by atoms with Gasteiger partial charge in [-0.25, -0.2) is 0 Å². The van der Waals surface area contributed by atoms with Crippen LogP contribution in [0.1, 0.15) is 0 Å². The molecule has 3 rings (SSSR count). The summed E-state index contributed by atoms with van der Waals surface area (Å²) in [6.07, 6.45) is 0. The van der Waals surface area contributed by atoms with E-state index in [9.17, 15) is 4.79 Å². The van der Waals surface area contributed by atoms with E-state index in [1.54, 1.807) is 32.4 Å². The van der Waals surface area contributed by atoms with Crippen molar-refractivity contribution in [2.45, 2.75) is 0 Å². The summed E-state index contributed by atoms with van der Waals surface area (Å²) in [7, 11) is 3.16. The minimum Gasteiger partial charge on any atom is -0.493 e. The van der Waals surface area contributed by atoms with Crippen molar-refractivity contribution in [2.24, 2.45) is 0 Å². The smallest absolute Gasteiger partial charge is 0.281 e. The van der Waals surface area contributed by atoms with Gasteiger partial charge in [-0.3, -0.25) is 4.79 Å². The maximum absolute atomic E-state index is 12.0. The van der Waals surface area contributed by atoms with Gasteiger partial charge in [0.25, 0.3) is 5.56 Å². The molecule has 1 heterocycles. The molecule has 0 saturated heterocycles. The van der Waals surface area contributed by atoms with E-state index in [0.29, 0.717) is 22.0 Å². The van der Waals surface area contributed by atoms with E-state index in [4.69, 9.17) is 9.47 Å². The molecule has 0 aliphatic heterocycles. The monoisotopic (exact) mass is 314 g/mol. The lowest BCUT2D eigenvalue weighted by Crippen LogP contribution is -2.07. The summed E-state index contributed by atoms with van der Waals surface area (Å²) in [6.45, 7) is 0. The molecule has 6 heteroatoms. The number of nitrogens with one attached hydrogen (secondary N) is 1. The quantitative estimate of drug-likeness (QED) is 0.799. The van der Waals surface area contributed by atoms with E-state index in [2.05, 4.69) is 10.3 Å². The van der Waals surface area contributed by atoms with Crippen LogP contribution in [0.15, 0.2) is 47.3 Å². The minimum atomic E-state index is -0.239. The van der Waals surface area contributed by atoms with Crippen molar-refractivity contribution in [2.75, 3.05) is 19.5 Å². The van der Waals surface area contributed by atoms with Crippen LogP contribution in [0.25, 0.3) is 10.1 Å². The molecular formula is C16H14N2O3S. The molecule has 0 aliphatic rings. The first-order valence-electron chi connectivity index (χ1n) is 6.60. The predicted molar refractivity (Wildman–Crippen MR) is 88.7 cm³/mol. The van der Waals surface area contributed by atoms with Crippen LogP contribution in [-0.2, 0) is 0 Å². The van der Waals surface area contributed by atoms with Crippen LogP contribution >= 0.6 is 11.3 Å². The number of ether oxygens (including phenoxy) is 2. The molecule has 1 aromatic heterocycles. The van der Waals surface area contributed by atoms with E-state index in [-0.39, 0.29) is 5.56 Å². The first-order valence-corrected chi connectivity index (χ1v) is 7.42. The number of hydrogen-bond acceptors (Lipinski definition) is 6. The zero-order chi connectivity index (χ0) is 15.5. The van der Waals surface area contributed by atoms with Crippen LogP contribution in [-0.4, -0.2) is 19.2 Å². The van der Waals surface area contributed by atoms with Gasteiger partial charge in [0.2, 0.25) is 0 Å².